The Labute approximate surface area is 125 Å². The zero-order valence-corrected chi connectivity index (χ0v) is 12.4. The van der Waals surface area contributed by atoms with E-state index in [9.17, 15) is 13.2 Å². The van der Waals surface area contributed by atoms with E-state index in [1.165, 1.54) is 23.9 Å². The zero-order valence-electron chi connectivity index (χ0n) is 9.98. The molecule has 0 aromatic heterocycles. The molecule has 1 heterocycles. The van der Waals surface area contributed by atoms with Crippen LogP contribution in [0.5, 0.6) is 0 Å². The minimum atomic E-state index is -3.94. The Hall–Kier alpha value is -1.27. The van der Waals surface area contributed by atoms with E-state index in [1.807, 2.05) is 6.07 Å². The number of carboxylic acids is 1. The average molecular weight is 333 g/mol. The summed E-state index contributed by atoms with van der Waals surface area (Å²) in [5, 5.41) is 17.8. The molecule has 0 saturated carbocycles. The molecular formula is C11H9ClN2O4S2. The van der Waals surface area contributed by atoms with E-state index in [2.05, 4.69) is 0 Å². The maximum absolute atomic E-state index is 12.4. The predicted molar refractivity (Wildman–Crippen MR) is 73.9 cm³/mol. The van der Waals surface area contributed by atoms with Crippen LogP contribution < -0.4 is 0 Å². The summed E-state index contributed by atoms with van der Waals surface area (Å²) in [4.78, 5) is 11.0. The zero-order chi connectivity index (χ0) is 14.9. The van der Waals surface area contributed by atoms with E-state index in [1.54, 1.807) is 0 Å². The van der Waals surface area contributed by atoms with Crippen molar-refractivity contribution in [3.05, 3.63) is 28.8 Å². The first kappa shape index (κ1) is 15.1. The number of benzene rings is 1. The van der Waals surface area contributed by atoms with Gasteiger partial charge in [0.25, 0.3) is 0 Å². The van der Waals surface area contributed by atoms with Crippen molar-refractivity contribution in [2.45, 2.75) is 10.9 Å². The van der Waals surface area contributed by atoms with Gasteiger partial charge in [-0.3, -0.25) is 4.79 Å². The van der Waals surface area contributed by atoms with Gasteiger partial charge in [-0.15, -0.1) is 11.8 Å². The Balaban J connectivity index is 2.43. The molecule has 106 valence electrons. The summed E-state index contributed by atoms with van der Waals surface area (Å²) in [5.41, 5.74) is 0.163. The Morgan fingerprint density at radius 1 is 1.55 bits per heavy atom. The predicted octanol–water partition coefficient (Wildman–Crippen LogP) is 1.36. The molecule has 1 saturated heterocycles. The van der Waals surface area contributed by atoms with Crippen molar-refractivity contribution in [2.24, 2.45) is 0 Å². The van der Waals surface area contributed by atoms with Crippen LogP contribution in [0.2, 0.25) is 5.02 Å². The number of carbonyl (C=O) groups is 1. The maximum atomic E-state index is 12.4. The summed E-state index contributed by atoms with van der Waals surface area (Å²) in [6.07, 6.45) is 0. The summed E-state index contributed by atoms with van der Waals surface area (Å²) in [5.74, 6) is -0.895. The highest BCUT2D eigenvalue weighted by Gasteiger charge is 2.40. The molecule has 1 aliphatic rings. The Bertz CT molecular complexity index is 699. The normalized spacial score (nSPS) is 19.7. The molecule has 0 amide bonds. The molecule has 1 fully saturated rings. The molecule has 1 N–H and O–H groups in total. The number of rotatable bonds is 3. The van der Waals surface area contributed by atoms with Gasteiger partial charge < -0.3 is 5.11 Å². The highest BCUT2D eigenvalue weighted by atomic mass is 35.5. The molecule has 20 heavy (non-hydrogen) atoms. The summed E-state index contributed by atoms with van der Waals surface area (Å²) >= 11 is 7.05. The number of aliphatic carboxylic acids is 1. The number of halogens is 1. The lowest BCUT2D eigenvalue weighted by molar-refractivity contribution is -0.140. The molecule has 1 aromatic carbocycles. The van der Waals surface area contributed by atoms with Crippen LogP contribution in [0.25, 0.3) is 0 Å². The quantitative estimate of drug-likeness (QED) is 0.897. The molecule has 0 radical (unpaired) electrons. The third kappa shape index (κ3) is 2.62. The lowest BCUT2D eigenvalue weighted by Crippen LogP contribution is -2.41. The topological polar surface area (TPSA) is 98.5 Å². The van der Waals surface area contributed by atoms with Crippen LogP contribution in [0.3, 0.4) is 0 Å². The number of sulfonamides is 1. The van der Waals surface area contributed by atoms with Crippen LogP contribution >= 0.6 is 23.4 Å². The Morgan fingerprint density at radius 2 is 2.25 bits per heavy atom. The van der Waals surface area contributed by atoms with Gasteiger partial charge in [0.2, 0.25) is 10.0 Å². The van der Waals surface area contributed by atoms with E-state index in [0.717, 1.165) is 10.4 Å². The Kier molecular flexibility index (Phi) is 4.25. The second-order valence-electron chi connectivity index (χ2n) is 4.00. The molecular weight excluding hydrogens is 324 g/mol. The summed E-state index contributed by atoms with van der Waals surface area (Å²) in [6, 6.07) is 4.46. The smallest absolute Gasteiger partial charge is 0.322 e. The number of thioether (sulfide) groups is 1. The van der Waals surface area contributed by atoms with Crippen LogP contribution in [0, 0.1) is 11.3 Å². The van der Waals surface area contributed by atoms with Crippen LogP contribution in [0.4, 0.5) is 0 Å². The number of nitrogens with zero attached hydrogens (tertiary/aromatic N) is 2. The minimum absolute atomic E-state index is 0.0206. The third-order valence-electron chi connectivity index (χ3n) is 2.79. The number of nitriles is 1. The van der Waals surface area contributed by atoms with Crippen molar-refractivity contribution in [1.82, 2.24) is 4.31 Å². The monoisotopic (exact) mass is 332 g/mol. The van der Waals surface area contributed by atoms with Crippen molar-refractivity contribution in [3.63, 3.8) is 0 Å². The molecule has 1 aliphatic heterocycles. The number of hydrogen-bond acceptors (Lipinski definition) is 5. The molecule has 0 aliphatic carbocycles. The van der Waals surface area contributed by atoms with Crippen LogP contribution in [-0.4, -0.2) is 41.5 Å². The van der Waals surface area contributed by atoms with Gasteiger partial charge >= 0.3 is 5.97 Å². The molecule has 6 nitrogen and oxygen atoms in total. The first-order valence-corrected chi connectivity index (χ1v) is 8.37. The Morgan fingerprint density at radius 3 is 2.80 bits per heavy atom. The molecule has 1 atom stereocenters. The second kappa shape index (κ2) is 5.61. The van der Waals surface area contributed by atoms with Gasteiger partial charge in [0.05, 0.1) is 21.4 Å². The lowest BCUT2D eigenvalue weighted by Gasteiger charge is -2.20. The third-order valence-corrected chi connectivity index (χ3v) is 6.13. The molecule has 2 rings (SSSR count). The van der Waals surface area contributed by atoms with Gasteiger partial charge in [0, 0.05) is 5.75 Å². The van der Waals surface area contributed by atoms with Crippen LogP contribution in [0.1, 0.15) is 5.56 Å². The van der Waals surface area contributed by atoms with E-state index < -0.39 is 22.0 Å². The SMILES string of the molecule is N#Cc1ccc(S(=O)(=O)N2CSC[C@H]2C(=O)O)cc1Cl. The van der Waals surface area contributed by atoms with Gasteiger partial charge in [-0.25, -0.2) is 8.42 Å². The van der Waals surface area contributed by atoms with E-state index in [4.69, 9.17) is 22.0 Å². The largest absolute Gasteiger partial charge is 0.480 e. The van der Waals surface area contributed by atoms with Crippen molar-refractivity contribution in [1.29, 1.82) is 5.26 Å². The fraction of sp³-hybridized carbons (Fsp3) is 0.273. The van der Waals surface area contributed by atoms with Gasteiger partial charge in [-0.1, -0.05) is 11.6 Å². The number of carboxylic acid groups (broad SMARTS) is 1. The molecule has 1 aromatic rings. The van der Waals surface area contributed by atoms with Gasteiger partial charge in [0.15, 0.2) is 0 Å². The highest BCUT2D eigenvalue weighted by Crippen LogP contribution is 2.30. The molecule has 9 heteroatoms. The highest BCUT2D eigenvalue weighted by molar-refractivity contribution is 8.00. The molecule has 0 spiro atoms. The van der Waals surface area contributed by atoms with Gasteiger partial charge in [-0.2, -0.15) is 9.57 Å². The fourth-order valence-electron chi connectivity index (χ4n) is 1.74. The first-order chi connectivity index (χ1) is 9.37. The fourth-order valence-corrected chi connectivity index (χ4v) is 5.19. The van der Waals surface area contributed by atoms with Crippen molar-refractivity contribution in [2.75, 3.05) is 11.6 Å². The minimum Gasteiger partial charge on any atom is -0.480 e. The van der Waals surface area contributed by atoms with Crippen LogP contribution in [0.15, 0.2) is 23.1 Å². The van der Waals surface area contributed by atoms with Crippen LogP contribution in [-0.2, 0) is 14.8 Å². The van der Waals surface area contributed by atoms with Crippen molar-refractivity contribution < 1.29 is 18.3 Å². The van der Waals surface area contributed by atoms with Gasteiger partial charge in [0.1, 0.15) is 12.1 Å². The standard InChI is InChI=1S/C11H9ClN2O4S2/c12-9-3-8(2-1-7(9)4-13)20(17,18)14-6-19-5-10(14)11(15)16/h1-3,10H,5-6H2,(H,15,16)/t10-/m0/s1. The molecule has 0 unspecified atom stereocenters. The lowest BCUT2D eigenvalue weighted by atomic mass is 10.2. The summed E-state index contributed by atoms with van der Waals surface area (Å²) in [6.45, 7) is 0. The first-order valence-electron chi connectivity index (χ1n) is 5.40. The van der Waals surface area contributed by atoms with Crippen molar-refractivity contribution in [3.8, 4) is 6.07 Å². The maximum Gasteiger partial charge on any atom is 0.322 e. The number of hydrogen-bond donors (Lipinski definition) is 1. The second-order valence-corrected chi connectivity index (χ2v) is 7.30. The summed E-state index contributed by atoms with van der Waals surface area (Å²) < 4.78 is 25.7. The van der Waals surface area contributed by atoms with Gasteiger partial charge in [-0.05, 0) is 18.2 Å². The molecule has 0 bridgehead atoms. The van der Waals surface area contributed by atoms with E-state index in [-0.39, 0.29) is 27.1 Å². The summed E-state index contributed by atoms with van der Waals surface area (Å²) in [7, 11) is -3.94. The van der Waals surface area contributed by atoms with E-state index >= 15 is 0 Å². The average Bonchev–Trinajstić information content (AvgIpc) is 2.88. The van der Waals surface area contributed by atoms with E-state index in [0.29, 0.717) is 0 Å². The van der Waals surface area contributed by atoms with Crippen molar-refractivity contribution >= 4 is 39.4 Å².